The Balaban J connectivity index is 1.72. The number of hydrogen-bond donors (Lipinski definition) is 2. The van der Waals surface area contributed by atoms with Crippen molar-refractivity contribution >= 4 is 34.0 Å². The van der Waals surface area contributed by atoms with E-state index in [1.165, 1.54) is 16.2 Å². The quantitative estimate of drug-likeness (QED) is 0.574. The van der Waals surface area contributed by atoms with Crippen LogP contribution in [-0.2, 0) is 17.1 Å². The van der Waals surface area contributed by atoms with Crippen molar-refractivity contribution in [3.63, 3.8) is 0 Å². The molecule has 0 radical (unpaired) electrons. The summed E-state index contributed by atoms with van der Waals surface area (Å²) >= 11 is 1.31. The Hall–Kier alpha value is -2.76. The Morgan fingerprint density at radius 2 is 1.65 bits per heavy atom. The fourth-order valence-electron chi connectivity index (χ4n) is 3.18. The minimum Gasteiger partial charge on any atom is -0.326 e. The lowest BCUT2D eigenvalue weighted by atomic mass is 9.97. The molecule has 0 saturated carbocycles. The molecule has 1 fully saturated rings. The molecule has 1 atom stereocenters. The van der Waals surface area contributed by atoms with Crippen molar-refractivity contribution in [3.8, 4) is 0 Å². The topological polar surface area (TPSA) is 61.4 Å². The van der Waals surface area contributed by atoms with E-state index in [-0.39, 0.29) is 12.6 Å². The summed E-state index contributed by atoms with van der Waals surface area (Å²) in [7, 11) is 0. The number of anilines is 2. The molecule has 31 heavy (non-hydrogen) atoms. The highest BCUT2D eigenvalue weighted by molar-refractivity contribution is 7.14. The smallest absolute Gasteiger partial charge is 0.326 e. The molecule has 1 aliphatic rings. The largest absolute Gasteiger partial charge is 0.416 e. The van der Waals surface area contributed by atoms with E-state index in [1.54, 1.807) is 17.5 Å². The second-order valence-electron chi connectivity index (χ2n) is 6.98. The van der Waals surface area contributed by atoms with Gasteiger partial charge in [0.15, 0.2) is 0 Å². The van der Waals surface area contributed by atoms with Crippen LogP contribution < -0.4 is 10.6 Å². The van der Waals surface area contributed by atoms with E-state index in [0.717, 1.165) is 0 Å². The molecule has 0 aliphatic carbocycles. The summed E-state index contributed by atoms with van der Waals surface area (Å²) in [6.07, 6.45) is -9.21. The summed E-state index contributed by atoms with van der Waals surface area (Å²) in [5.41, 5.74) is -3.64. The van der Waals surface area contributed by atoms with Gasteiger partial charge < -0.3 is 10.2 Å². The molecule has 2 aromatic rings. The summed E-state index contributed by atoms with van der Waals surface area (Å²) in [4.78, 5) is 26.3. The van der Waals surface area contributed by atoms with Crippen LogP contribution in [-0.4, -0.2) is 29.9 Å². The first-order valence-corrected chi connectivity index (χ1v) is 10.0. The molecule has 5 nitrogen and oxygen atoms in total. The van der Waals surface area contributed by atoms with Gasteiger partial charge in [-0.1, -0.05) is 0 Å². The maximum Gasteiger partial charge on any atom is 0.416 e. The van der Waals surface area contributed by atoms with E-state index in [9.17, 15) is 35.9 Å². The number of halogens is 6. The van der Waals surface area contributed by atoms with Crippen molar-refractivity contribution in [3.05, 3.63) is 46.8 Å². The second kappa shape index (κ2) is 8.77. The van der Waals surface area contributed by atoms with Gasteiger partial charge in [-0.2, -0.15) is 26.3 Å². The molecule has 1 unspecified atom stereocenters. The second-order valence-corrected chi connectivity index (χ2v) is 7.92. The van der Waals surface area contributed by atoms with E-state index in [1.807, 2.05) is 0 Å². The van der Waals surface area contributed by atoms with Crippen molar-refractivity contribution in [2.24, 2.45) is 5.92 Å². The molecular formula is C19H17F6N3O2S. The fraction of sp³-hybridized carbons (Fsp3) is 0.368. The van der Waals surface area contributed by atoms with Crippen molar-refractivity contribution in [2.75, 3.05) is 23.7 Å². The molecule has 0 bridgehead atoms. The van der Waals surface area contributed by atoms with Gasteiger partial charge in [-0.25, -0.2) is 4.79 Å². The average molecular weight is 465 g/mol. The van der Waals surface area contributed by atoms with Gasteiger partial charge in [0.2, 0.25) is 5.91 Å². The monoisotopic (exact) mass is 465 g/mol. The van der Waals surface area contributed by atoms with Gasteiger partial charge >= 0.3 is 18.4 Å². The van der Waals surface area contributed by atoms with Gasteiger partial charge in [0, 0.05) is 18.8 Å². The summed E-state index contributed by atoms with van der Waals surface area (Å²) in [5.74, 6) is -1.52. The van der Waals surface area contributed by atoms with Gasteiger partial charge in [0.1, 0.15) is 0 Å². The van der Waals surface area contributed by atoms with Crippen LogP contribution in [0.2, 0.25) is 0 Å². The Kier molecular flexibility index (Phi) is 6.48. The van der Waals surface area contributed by atoms with Crippen LogP contribution in [0.4, 0.5) is 41.8 Å². The van der Waals surface area contributed by atoms with E-state index >= 15 is 0 Å². The van der Waals surface area contributed by atoms with Crippen LogP contribution in [0.25, 0.3) is 0 Å². The number of nitrogens with one attached hydrogen (secondary N) is 2. The molecule has 2 N–H and O–H groups in total. The predicted molar refractivity (Wildman–Crippen MR) is 103 cm³/mol. The minimum absolute atomic E-state index is 0.00582. The fourth-order valence-corrected chi connectivity index (χ4v) is 3.79. The first-order chi connectivity index (χ1) is 14.4. The molecule has 168 valence electrons. The highest BCUT2D eigenvalue weighted by atomic mass is 32.1. The lowest BCUT2D eigenvalue weighted by molar-refractivity contribution is -0.143. The highest BCUT2D eigenvalue weighted by Crippen LogP contribution is 2.37. The number of carbonyl (C=O) groups excluding carboxylic acids is 2. The summed E-state index contributed by atoms with van der Waals surface area (Å²) in [6, 6.07) is 3.92. The lowest BCUT2D eigenvalue weighted by Gasteiger charge is -2.32. The van der Waals surface area contributed by atoms with E-state index in [0.29, 0.717) is 36.5 Å². The maximum absolute atomic E-state index is 13.0. The molecule has 1 saturated heterocycles. The zero-order chi connectivity index (χ0) is 22.8. The van der Waals surface area contributed by atoms with Gasteiger partial charge in [-0.3, -0.25) is 10.1 Å². The van der Waals surface area contributed by atoms with Gasteiger partial charge in [0.05, 0.1) is 22.0 Å². The molecule has 3 rings (SSSR count). The van der Waals surface area contributed by atoms with E-state index in [2.05, 4.69) is 10.6 Å². The third-order valence-electron chi connectivity index (χ3n) is 4.69. The SMILES string of the molecule is O=C(Nc1cc(C(F)(F)F)cc(C(F)(F)F)c1)C1CCCN(C(=O)Nc2cccs2)C1. The molecule has 3 amide bonds. The van der Waals surface area contributed by atoms with E-state index < -0.39 is 47.0 Å². The molecule has 2 heterocycles. The van der Waals surface area contributed by atoms with Crippen LogP contribution in [0.3, 0.4) is 0 Å². The number of carbonyl (C=O) groups is 2. The first kappa shape index (κ1) is 22.9. The number of benzene rings is 1. The van der Waals surface area contributed by atoms with Crippen molar-refractivity contribution in [1.82, 2.24) is 4.90 Å². The molecule has 1 aromatic carbocycles. The van der Waals surface area contributed by atoms with Crippen molar-refractivity contribution < 1.29 is 35.9 Å². The zero-order valence-corrected chi connectivity index (χ0v) is 16.6. The highest BCUT2D eigenvalue weighted by Gasteiger charge is 2.37. The number of piperidine rings is 1. The molecule has 0 spiro atoms. The van der Waals surface area contributed by atoms with Crippen LogP contribution in [0, 0.1) is 5.92 Å². The number of hydrogen-bond acceptors (Lipinski definition) is 3. The summed E-state index contributed by atoms with van der Waals surface area (Å²) < 4.78 is 78.0. The predicted octanol–water partition coefficient (Wildman–Crippen LogP) is 5.67. The summed E-state index contributed by atoms with van der Waals surface area (Å²) in [6.45, 7) is 0.372. The van der Waals surface area contributed by atoms with Gasteiger partial charge in [-0.05, 0) is 48.6 Å². The number of amides is 3. The normalized spacial score (nSPS) is 17.4. The number of alkyl halides is 6. The number of nitrogens with zero attached hydrogens (tertiary/aromatic N) is 1. The standard InChI is InChI=1S/C19H17F6N3O2S/c20-18(21,22)12-7-13(19(23,24)25)9-14(8-12)26-16(29)11-3-1-5-28(10-11)17(30)27-15-4-2-6-31-15/h2,4,6-9,11H,1,3,5,10H2,(H,26,29)(H,27,30). The average Bonchev–Trinajstić information content (AvgIpc) is 3.19. The number of thiophene rings is 1. The van der Waals surface area contributed by atoms with Crippen LogP contribution >= 0.6 is 11.3 Å². The molecule has 1 aromatic heterocycles. The lowest BCUT2D eigenvalue weighted by Crippen LogP contribution is -2.45. The Morgan fingerprint density at radius 1 is 1.00 bits per heavy atom. The summed E-state index contributed by atoms with van der Waals surface area (Å²) in [5, 5.41) is 7.20. The van der Waals surface area contributed by atoms with Gasteiger partial charge in [0.25, 0.3) is 0 Å². The molecule has 1 aliphatic heterocycles. The van der Waals surface area contributed by atoms with Crippen LogP contribution in [0.15, 0.2) is 35.7 Å². The third kappa shape index (κ3) is 5.90. The van der Waals surface area contributed by atoms with Gasteiger partial charge in [-0.15, -0.1) is 11.3 Å². The zero-order valence-electron chi connectivity index (χ0n) is 15.8. The van der Waals surface area contributed by atoms with Crippen LogP contribution in [0.5, 0.6) is 0 Å². The third-order valence-corrected chi connectivity index (χ3v) is 5.47. The minimum atomic E-state index is -5.01. The van der Waals surface area contributed by atoms with Crippen molar-refractivity contribution in [1.29, 1.82) is 0 Å². The Labute approximate surface area is 177 Å². The Bertz CT molecular complexity index is 911. The Morgan fingerprint density at radius 3 is 2.19 bits per heavy atom. The maximum atomic E-state index is 13.0. The molecule has 12 heteroatoms. The number of urea groups is 1. The molecular weight excluding hydrogens is 448 g/mol. The number of rotatable bonds is 3. The van der Waals surface area contributed by atoms with Crippen LogP contribution in [0.1, 0.15) is 24.0 Å². The first-order valence-electron chi connectivity index (χ1n) is 9.13. The van der Waals surface area contributed by atoms with E-state index in [4.69, 9.17) is 0 Å². The number of likely N-dealkylation sites (tertiary alicyclic amines) is 1. The van der Waals surface area contributed by atoms with Crippen molar-refractivity contribution in [2.45, 2.75) is 25.2 Å².